The maximum Gasteiger partial charge on any atom is 0.406 e. The summed E-state index contributed by atoms with van der Waals surface area (Å²) in [6.45, 7) is 4.10. The molecule has 0 aromatic heterocycles. The molecule has 0 saturated carbocycles. The number of alkyl halides is 3. The summed E-state index contributed by atoms with van der Waals surface area (Å²) in [7, 11) is 0. The van der Waals surface area contributed by atoms with E-state index in [1.807, 2.05) is 0 Å². The van der Waals surface area contributed by atoms with Crippen LogP contribution in [0, 0.1) is 5.41 Å². The summed E-state index contributed by atoms with van der Waals surface area (Å²) in [5, 5.41) is 0.602. The highest BCUT2D eigenvalue weighted by Gasteiger charge is 2.34. The van der Waals surface area contributed by atoms with E-state index >= 15 is 0 Å². The van der Waals surface area contributed by atoms with Crippen molar-refractivity contribution in [3.63, 3.8) is 0 Å². The lowest BCUT2D eigenvalue weighted by molar-refractivity contribution is -0.163. The number of rotatable bonds is 4. The van der Waals surface area contributed by atoms with Gasteiger partial charge in [-0.1, -0.05) is 50.0 Å². The van der Waals surface area contributed by atoms with Crippen molar-refractivity contribution in [1.29, 1.82) is 0 Å². The summed E-state index contributed by atoms with van der Waals surface area (Å²) in [5.74, 6) is -0.592. The Bertz CT molecular complexity index is 523. The van der Waals surface area contributed by atoms with Crippen molar-refractivity contribution in [3.05, 3.63) is 33.8 Å². The second-order valence-electron chi connectivity index (χ2n) is 6.35. The smallest absolute Gasteiger partial charge is 0.333 e. The van der Waals surface area contributed by atoms with Crippen molar-refractivity contribution >= 4 is 29.1 Å². The Morgan fingerprint density at radius 3 is 2.14 bits per heavy atom. The summed E-state index contributed by atoms with van der Waals surface area (Å²) in [6.07, 6.45) is -4.58. The molecule has 7 heteroatoms. The van der Waals surface area contributed by atoms with Gasteiger partial charge < -0.3 is 4.90 Å². The lowest BCUT2D eigenvalue weighted by Gasteiger charge is -2.30. The minimum Gasteiger partial charge on any atom is -0.333 e. The van der Waals surface area contributed by atoms with Crippen LogP contribution in [0.2, 0.25) is 10.0 Å². The highest BCUT2D eigenvalue weighted by atomic mass is 35.5. The molecule has 124 valence electrons. The Balaban J connectivity index is 2.88. The Hall–Kier alpha value is -0.940. The average molecular weight is 356 g/mol. The highest BCUT2D eigenvalue weighted by molar-refractivity contribution is 6.42. The lowest BCUT2D eigenvalue weighted by atomic mass is 9.95. The molecule has 1 rings (SSSR count). The van der Waals surface area contributed by atoms with E-state index in [1.54, 1.807) is 26.8 Å². The highest BCUT2D eigenvalue weighted by Crippen LogP contribution is 2.25. The maximum absolute atomic E-state index is 12.7. The number of amides is 1. The monoisotopic (exact) mass is 355 g/mol. The Kier molecular flexibility index (Phi) is 6.16. The van der Waals surface area contributed by atoms with E-state index in [4.69, 9.17) is 23.2 Å². The number of hydrogen-bond donors (Lipinski definition) is 0. The van der Waals surface area contributed by atoms with Gasteiger partial charge in [0.1, 0.15) is 6.54 Å². The minimum atomic E-state index is -4.43. The quantitative estimate of drug-likeness (QED) is 0.746. The third-order valence-corrected chi connectivity index (χ3v) is 3.47. The van der Waals surface area contributed by atoms with Gasteiger partial charge in [0.25, 0.3) is 0 Å². The largest absolute Gasteiger partial charge is 0.406 e. The van der Waals surface area contributed by atoms with E-state index in [1.165, 1.54) is 12.1 Å². The fraction of sp³-hybridized carbons (Fsp3) is 0.533. The summed E-state index contributed by atoms with van der Waals surface area (Å²) < 4.78 is 38.0. The van der Waals surface area contributed by atoms with Crippen molar-refractivity contribution in [2.75, 3.05) is 13.1 Å². The number of nitrogens with zero attached hydrogens (tertiary/aromatic N) is 1. The van der Waals surface area contributed by atoms with Gasteiger partial charge in [0.2, 0.25) is 5.91 Å². The van der Waals surface area contributed by atoms with Crippen LogP contribution in [0.4, 0.5) is 13.2 Å². The molecule has 22 heavy (non-hydrogen) atoms. The molecule has 0 aliphatic rings. The Morgan fingerprint density at radius 2 is 1.68 bits per heavy atom. The molecule has 0 spiro atoms. The van der Waals surface area contributed by atoms with Crippen molar-refractivity contribution in [1.82, 2.24) is 4.90 Å². The first-order valence-corrected chi connectivity index (χ1v) is 7.41. The standard InChI is InChI=1S/C15H18Cl2F3NO/c1-14(2,3)8-21(9-15(18,19)20)13(22)7-10-4-5-11(16)12(17)6-10/h4-6H,7-9H2,1-3H3. The van der Waals surface area contributed by atoms with Crippen molar-refractivity contribution < 1.29 is 18.0 Å². The van der Waals surface area contributed by atoms with Gasteiger partial charge in [-0.05, 0) is 23.1 Å². The molecule has 0 aliphatic heterocycles. The van der Waals surface area contributed by atoms with E-state index in [0.29, 0.717) is 10.6 Å². The SMILES string of the molecule is CC(C)(C)CN(CC(F)(F)F)C(=O)Cc1ccc(Cl)c(Cl)c1. The summed E-state index contributed by atoms with van der Waals surface area (Å²) in [6, 6.07) is 4.59. The van der Waals surface area contributed by atoms with Crippen LogP contribution >= 0.6 is 23.2 Å². The van der Waals surface area contributed by atoms with Crippen LogP contribution in [-0.2, 0) is 11.2 Å². The molecular weight excluding hydrogens is 338 g/mol. The summed E-state index contributed by atoms with van der Waals surface area (Å²) in [5.41, 5.74) is 0.0962. The molecule has 0 fully saturated rings. The molecule has 0 saturated heterocycles. The molecule has 0 atom stereocenters. The molecule has 0 unspecified atom stereocenters. The van der Waals surface area contributed by atoms with Crippen molar-refractivity contribution in [2.45, 2.75) is 33.4 Å². The zero-order chi connectivity index (χ0) is 17.1. The van der Waals surface area contributed by atoms with Gasteiger partial charge in [0.05, 0.1) is 16.5 Å². The fourth-order valence-corrected chi connectivity index (χ4v) is 2.28. The predicted molar refractivity (Wildman–Crippen MR) is 82.3 cm³/mol. The van der Waals surface area contributed by atoms with Crippen LogP contribution in [0.3, 0.4) is 0 Å². The third-order valence-electron chi connectivity index (χ3n) is 2.73. The van der Waals surface area contributed by atoms with Gasteiger partial charge in [-0.2, -0.15) is 13.2 Å². The van der Waals surface area contributed by atoms with Gasteiger partial charge in [0, 0.05) is 6.54 Å². The third kappa shape index (κ3) is 6.88. The van der Waals surface area contributed by atoms with E-state index in [9.17, 15) is 18.0 Å². The summed E-state index contributed by atoms with van der Waals surface area (Å²) in [4.78, 5) is 13.0. The molecule has 0 bridgehead atoms. The molecule has 2 nitrogen and oxygen atoms in total. The van der Waals surface area contributed by atoms with E-state index in [0.717, 1.165) is 4.90 Å². The van der Waals surface area contributed by atoms with Gasteiger partial charge >= 0.3 is 6.18 Å². The Morgan fingerprint density at radius 1 is 1.09 bits per heavy atom. The molecule has 1 amide bonds. The zero-order valence-corrected chi connectivity index (χ0v) is 14.1. The van der Waals surface area contributed by atoms with E-state index in [-0.39, 0.29) is 18.0 Å². The fourth-order valence-electron chi connectivity index (χ4n) is 1.96. The van der Waals surface area contributed by atoms with E-state index in [2.05, 4.69) is 0 Å². The molecule has 0 aliphatic carbocycles. The first-order chi connectivity index (χ1) is 9.87. The molecule has 0 N–H and O–H groups in total. The zero-order valence-electron chi connectivity index (χ0n) is 12.6. The van der Waals surface area contributed by atoms with Crippen LogP contribution in [0.5, 0.6) is 0 Å². The molecule has 1 aromatic rings. The number of benzene rings is 1. The van der Waals surface area contributed by atoms with Crippen LogP contribution in [0.25, 0.3) is 0 Å². The van der Waals surface area contributed by atoms with Gasteiger partial charge in [-0.25, -0.2) is 0 Å². The van der Waals surface area contributed by atoms with Crippen LogP contribution < -0.4 is 0 Å². The minimum absolute atomic E-state index is 0.0205. The lowest BCUT2D eigenvalue weighted by Crippen LogP contribution is -2.44. The van der Waals surface area contributed by atoms with Gasteiger partial charge in [0.15, 0.2) is 0 Å². The first kappa shape index (κ1) is 19.1. The van der Waals surface area contributed by atoms with Crippen LogP contribution in [-0.4, -0.2) is 30.1 Å². The number of carbonyl (C=O) groups excluding carboxylic acids is 1. The van der Waals surface area contributed by atoms with E-state index < -0.39 is 24.0 Å². The second kappa shape index (κ2) is 7.09. The average Bonchev–Trinajstić information content (AvgIpc) is 2.29. The summed E-state index contributed by atoms with van der Waals surface area (Å²) >= 11 is 11.6. The number of hydrogen-bond acceptors (Lipinski definition) is 1. The molecule has 1 aromatic carbocycles. The molecule has 0 heterocycles. The van der Waals surface area contributed by atoms with Gasteiger partial charge in [-0.3, -0.25) is 4.79 Å². The van der Waals surface area contributed by atoms with Gasteiger partial charge in [-0.15, -0.1) is 0 Å². The number of halogens is 5. The topological polar surface area (TPSA) is 20.3 Å². The normalized spacial score (nSPS) is 12.4. The number of carbonyl (C=O) groups is 1. The van der Waals surface area contributed by atoms with Crippen molar-refractivity contribution in [3.8, 4) is 0 Å². The van der Waals surface area contributed by atoms with Crippen LogP contribution in [0.1, 0.15) is 26.3 Å². The van der Waals surface area contributed by atoms with Crippen molar-refractivity contribution in [2.24, 2.45) is 5.41 Å². The second-order valence-corrected chi connectivity index (χ2v) is 7.17. The van der Waals surface area contributed by atoms with Crippen LogP contribution in [0.15, 0.2) is 18.2 Å². The molecule has 0 radical (unpaired) electrons. The predicted octanol–water partition coefficient (Wildman–Crippen LogP) is 4.97. The molecular formula is C15H18Cl2F3NO. The first-order valence-electron chi connectivity index (χ1n) is 6.66. The Labute approximate surface area is 138 Å². The maximum atomic E-state index is 12.7.